The van der Waals surface area contributed by atoms with Crippen molar-refractivity contribution < 1.29 is 24.4 Å². The molecule has 90 valence electrons. The Morgan fingerprint density at radius 3 is 2.00 bits per heavy atom. The van der Waals surface area contributed by atoms with E-state index in [1.165, 1.54) is 0 Å². The zero-order valence-electron chi connectivity index (χ0n) is 9.22. The van der Waals surface area contributed by atoms with Gasteiger partial charge in [0.05, 0.1) is 6.10 Å². The highest BCUT2D eigenvalue weighted by Gasteiger charge is 2.47. The Labute approximate surface area is 88.7 Å². The van der Waals surface area contributed by atoms with Crippen LogP contribution in [0.2, 0.25) is 0 Å². The predicted octanol–water partition coefficient (Wildman–Crippen LogP) is -0.148. The highest BCUT2D eigenvalue weighted by atomic mass is 19.1. The fraction of sp³-hybridized carbons (Fsp3) is 1.00. The molecule has 0 bridgehead atoms. The van der Waals surface area contributed by atoms with E-state index in [0.717, 1.165) is 0 Å². The molecule has 0 amide bonds. The third-order valence-electron chi connectivity index (χ3n) is 2.72. The molecule has 0 aromatic carbocycles. The van der Waals surface area contributed by atoms with E-state index in [1.807, 2.05) is 20.8 Å². The van der Waals surface area contributed by atoms with E-state index in [9.17, 15) is 19.7 Å². The summed E-state index contributed by atoms with van der Waals surface area (Å²) < 4.78 is 17.8. The van der Waals surface area contributed by atoms with Crippen molar-refractivity contribution in [1.82, 2.24) is 0 Å². The van der Waals surface area contributed by atoms with Crippen LogP contribution in [0.15, 0.2) is 0 Å². The van der Waals surface area contributed by atoms with Gasteiger partial charge < -0.3 is 20.1 Å². The lowest BCUT2D eigenvalue weighted by molar-refractivity contribution is -0.246. The topological polar surface area (TPSA) is 69.9 Å². The third-order valence-corrected chi connectivity index (χ3v) is 2.72. The normalized spacial score (nSPS) is 43.0. The lowest BCUT2D eigenvalue weighted by atomic mass is 9.80. The monoisotopic (exact) mass is 222 g/mol. The van der Waals surface area contributed by atoms with Crippen LogP contribution in [0.5, 0.6) is 0 Å². The van der Waals surface area contributed by atoms with Crippen molar-refractivity contribution in [2.75, 3.05) is 6.67 Å². The van der Waals surface area contributed by atoms with Gasteiger partial charge in [0.15, 0.2) is 0 Å². The Bertz CT molecular complexity index is 214. The largest absolute Gasteiger partial charge is 0.388 e. The quantitative estimate of drug-likeness (QED) is 0.577. The number of hydrogen-bond acceptors (Lipinski definition) is 4. The van der Waals surface area contributed by atoms with E-state index in [4.69, 9.17) is 4.74 Å². The molecule has 1 rings (SSSR count). The summed E-state index contributed by atoms with van der Waals surface area (Å²) in [5, 5.41) is 28.7. The Morgan fingerprint density at radius 2 is 1.60 bits per heavy atom. The molecule has 0 aliphatic carbocycles. The van der Waals surface area contributed by atoms with Gasteiger partial charge in [0, 0.05) is 0 Å². The number of aliphatic hydroxyl groups excluding tert-OH is 3. The first kappa shape index (κ1) is 12.8. The van der Waals surface area contributed by atoms with E-state index in [2.05, 4.69) is 0 Å². The smallest absolute Gasteiger partial charge is 0.118 e. The molecule has 2 unspecified atom stereocenters. The molecule has 5 heteroatoms. The summed E-state index contributed by atoms with van der Waals surface area (Å²) in [4.78, 5) is 0. The highest BCUT2D eigenvalue weighted by Crippen LogP contribution is 2.32. The molecule has 1 heterocycles. The van der Waals surface area contributed by atoms with Crippen LogP contribution in [0.25, 0.3) is 0 Å². The molecule has 0 aromatic rings. The molecule has 1 fully saturated rings. The molecule has 1 aliphatic heterocycles. The SMILES string of the molecule is CC(C)(C)[C@@H]1OC(CF)[C@@H](O)[C@H](O)C1O. The molecule has 1 aliphatic rings. The second-order valence-electron chi connectivity index (χ2n) is 5.09. The lowest BCUT2D eigenvalue weighted by Crippen LogP contribution is -2.61. The van der Waals surface area contributed by atoms with Crippen LogP contribution < -0.4 is 0 Å². The number of hydrogen-bond donors (Lipinski definition) is 3. The van der Waals surface area contributed by atoms with Gasteiger partial charge in [-0.1, -0.05) is 20.8 Å². The van der Waals surface area contributed by atoms with E-state index in [1.54, 1.807) is 0 Å². The summed E-state index contributed by atoms with van der Waals surface area (Å²) in [5.41, 5.74) is -0.423. The minimum Gasteiger partial charge on any atom is -0.388 e. The molecule has 0 saturated carbocycles. The summed E-state index contributed by atoms with van der Waals surface area (Å²) in [5.74, 6) is 0. The maximum Gasteiger partial charge on any atom is 0.118 e. The molecule has 5 atom stereocenters. The molecule has 0 aromatic heterocycles. The Hall–Kier alpha value is -0.230. The fourth-order valence-electron chi connectivity index (χ4n) is 1.79. The summed E-state index contributed by atoms with van der Waals surface area (Å²) in [7, 11) is 0. The second-order valence-corrected chi connectivity index (χ2v) is 5.09. The molecule has 0 spiro atoms. The van der Waals surface area contributed by atoms with Gasteiger partial charge in [-0.15, -0.1) is 0 Å². The number of halogens is 1. The molecule has 1 saturated heterocycles. The second kappa shape index (κ2) is 4.33. The molecule has 15 heavy (non-hydrogen) atoms. The van der Waals surface area contributed by atoms with Crippen LogP contribution in [0.4, 0.5) is 4.39 Å². The summed E-state index contributed by atoms with van der Waals surface area (Å²) in [6, 6.07) is 0. The number of alkyl halides is 1. The minimum absolute atomic E-state index is 0.423. The van der Waals surface area contributed by atoms with E-state index in [-0.39, 0.29) is 0 Å². The third kappa shape index (κ3) is 2.47. The van der Waals surface area contributed by atoms with Crippen LogP contribution in [0.3, 0.4) is 0 Å². The van der Waals surface area contributed by atoms with Crippen molar-refractivity contribution in [2.45, 2.75) is 51.3 Å². The average Bonchev–Trinajstić information content (AvgIpc) is 2.13. The van der Waals surface area contributed by atoms with E-state index in [0.29, 0.717) is 0 Å². The summed E-state index contributed by atoms with van der Waals surface area (Å²) in [6.45, 7) is 4.58. The first-order chi connectivity index (χ1) is 6.79. The lowest BCUT2D eigenvalue weighted by Gasteiger charge is -2.45. The van der Waals surface area contributed by atoms with Crippen LogP contribution in [0.1, 0.15) is 20.8 Å². The molecule has 3 N–H and O–H groups in total. The molecular formula is C10H19FO4. The zero-order valence-corrected chi connectivity index (χ0v) is 9.22. The van der Waals surface area contributed by atoms with Crippen molar-refractivity contribution in [1.29, 1.82) is 0 Å². The van der Waals surface area contributed by atoms with Crippen molar-refractivity contribution in [3.8, 4) is 0 Å². The van der Waals surface area contributed by atoms with Crippen LogP contribution in [-0.2, 0) is 4.74 Å². The van der Waals surface area contributed by atoms with E-state index >= 15 is 0 Å². The first-order valence-corrected chi connectivity index (χ1v) is 5.04. The average molecular weight is 222 g/mol. The Kier molecular flexibility index (Phi) is 3.71. The van der Waals surface area contributed by atoms with Gasteiger partial charge in [-0.2, -0.15) is 0 Å². The van der Waals surface area contributed by atoms with Crippen molar-refractivity contribution in [2.24, 2.45) is 5.41 Å². The van der Waals surface area contributed by atoms with Gasteiger partial charge in [-0.25, -0.2) is 4.39 Å². The Balaban J connectivity index is 2.83. The molecule has 0 radical (unpaired) electrons. The van der Waals surface area contributed by atoms with Crippen LogP contribution >= 0.6 is 0 Å². The maximum atomic E-state index is 12.5. The predicted molar refractivity (Wildman–Crippen MR) is 52.1 cm³/mol. The van der Waals surface area contributed by atoms with Crippen molar-refractivity contribution >= 4 is 0 Å². The molecular weight excluding hydrogens is 203 g/mol. The van der Waals surface area contributed by atoms with Gasteiger partial charge in [-0.3, -0.25) is 0 Å². The van der Waals surface area contributed by atoms with Crippen molar-refractivity contribution in [3.05, 3.63) is 0 Å². The maximum absolute atomic E-state index is 12.5. The minimum atomic E-state index is -1.37. The number of rotatable bonds is 1. The number of ether oxygens (including phenoxy) is 1. The Morgan fingerprint density at radius 1 is 1.07 bits per heavy atom. The summed E-state index contributed by atoms with van der Waals surface area (Å²) >= 11 is 0. The van der Waals surface area contributed by atoms with Crippen LogP contribution in [0, 0.1) is 5.41 Å². The van der Waals surface area contributed by atoms with Gasteiger partial charge in [0.2, 0.25) is 0 Å². The summed E-state index contributed by atoms with van der Waals surface area (Å²) in [6.07, 6.45) is -5.67. The van der Waals surface area contributed by atoms with Gasteiger partial charge >= 0.3 is 0 Å². The van der Waals surface area contributed by atoms with Crippen LogP contribution in [-0.4, -0.2) is 52.5 Å². The standard InChI is InChI=1S/C10H19FO4/c1-10(2,3)9-8(14)7(13)6(12)5(4-11)15-9/h5-9,12-14H,4H2,1-3H3/t5?,6-,7+,8?,9-/m1/s1. The highest BCUT2D eigenvalue weighted by molar-refractivity contribution is 4.96. The fourth-order valence-corrected chi connectivity index (χ4v) is 1.79. The van der Waals surface area contributed by atoms with Gasteiger partial charge in [-0.05, 0) is 5.41 Å². The zero-order chi connectivity index (χ0) is 11.8. The first-order valence-electron chi connectivity index (χ1n) is 5.04. The van der Waals surface area contributed by atoms with Gasteiger partial charge in [0.25, 0.3) is 0 Å². The van der Waals surface area contributed by atoms with E-state index < -0.39 is 42.6 Å². The van der Waals surface area contributed by atoms with Gasteiger partial charge in [0.1, 0.15) is 31.1 Å². The van der Waals surface area contributed by atoms with Crippen molar-refractivity contribution in [3.63, 3.8) is 0 Å². The number of aliphatic hydroxyl groups is 3. The molecule has 4 nitrogen and oxygen atoms in total.